The molecular formula is C9H8ClNO3S. The molecule has 1 aliphatic heterocycles. The van der Waals surface area contributed by atoms with E-state index in [1.165, 1.54) is 6.07 Å². The van der Waals surface area contributed by atoms with Gasteiger partial charge in [0.2, 0.25) is 15.9 Å². The Hall–Kier alpha value is -1.07. The van der Waals surface area contributed by atoms with Crippen LogP contribution in [-0.2, 0) is 14.8 Å². The predicted octanol–water partition coefficient (Wildman–Crippen LogP) is 1.41. The molecule has 1 amide bonds. The maximum absolute atomic E-state index is 11.5. The second-order valence-corrected chi connectivity index (χ2v) is 5.58. The van der Waals surface area contributed by atoms with Gasteiger partial charge in [0, 0.05) is 11.4 Å². The third-order valence-corrected chi connectivity index (χ3v) is 4.05. The molecule has 0 spiro atoms. The highest BCUT2D eigenvalue weighted by Crippen LogP contribution is 2.26. The second kappa shape index (κ2) is 3.50. The maximum Gasteiger partial charge on any atom is 0.242 e. The number of halogens is 1. The molecule has 1 aromatic rings. The number of benzene rings is 1. The monoisotopic (exact) mass is 245 g/mol. The summed E-state index contributed by atoms with van der Waals surface area (Å²) in [4.78, 5) is 11.4. The van der Waals surface area contributed by atoms with Crippen molar-refractivity contribution in [3.05, 3.63) is 29.3 Å². The van der Waals surface area contributed by atoms with E-state index in [9.17, 15) is 13.2 Å². The van der Waals surface area contributed by atoms with Crippen LogP contribution >= 0.6 is 11.6 Å². The van der Waals surface area contributed by atoms with E-state index in [2.05, 4.69) is 0 Å². The van der Waals surface area contributed by atoms with E-state index in [0.29, 0.717) is 10.7 Å². The lowest BCUT2D eigenvalue weighted by atomic mass is 10.3. The van der Waals surface area contributed by atoms with Crippen molar-refractivity contribution < 1.29 is 13.2 Å². The standard InChI is InChI=1S/C9H8ClNO3S/c10-7-2-1-3-8(6-7)11-9(12)4-5-15(11,13)14/h1-3,6H,4-5H2. The molecular weight excluding hydrogens is 238 g/mol. The average Bonchev–Trinajstić information content (AvgIpc) is 2.40. The molecule has 1 saturated heterocycles. The lowest BCUT2D eigenvalue weighted by molar-refractivity contribution is -0.116. The lowest BCUT2D eigenvalue weighted by Gasteiger charge is -2.14. The molecule has 15 heavy (non-hydrogen) atoms. The molecule has 4 nitrogen and oxygen atoms in total. The molecule has 0 bridgehead atoms. The first-order valence-corrected chi connectivity index (χ1v) is 6.31. The van der Waals surface area contributed by atoms with Gasteiger partial charge >= 0.3 is 0 Å². The zero-order chi connectivity index (χ0) is 11.1. The van der Waals surface area contributed by atoms with Crippen molar-refractivity contribution in [2.24, 2.45) is 0 Å². The molecule has 6 heteroatoms. The molecule has 1 fully saturated rings. The van der Waals surface area contributed by atoms with Crippen molar-refractivity contribution in [2.45, 2.75) is 6.42 Å². The van der Waals surface area contributed by atoms with Crippen LogP contribution in [0.4, 0.5) is 5.69 Å². The van der Waals surface area contributed by atoms with Crippen molar-refractivity contribution in [2.75, 3.05) is 10.1 Å². The summed E-state index contributed by atoms with van der Waals surface area (Å²) in [6.45, 7) is 0. The summed E-state index contributed by atoms with van der Waals surface area (Å²) < 4.78 is 23.9. The van der Waals surface area contributed by atoms with Crippen molar-refractivity contribution in [1.29, 1.82) is 0 Å². The van der Waals surface area contributed by atoms with Crippen molar-refractivity contribution in [1.82, 2.24) is 0 Å². The molecule has 0 unspecified atom stereocenters. The Morgan fingerprint density at radius 1 is 1.33 bits per heavy atom. The molecule has 1 heterocycles. The number of hydrogen-bond donors (Lipinski definition) is 0. The van der Waals surface area contributed by atoms with E-state index in [0.717, 1.165) is 4.31 Å². The van der Waals surface area contributed by atoms with E-state index in [1.807, 2.05) is 0 Å². The normalized spacial score (nSPS) is 19.5. The Morgan fingerprint density at radius 2 is 2.07 bits per heavy atom. The molecule has 0 atom stereocenters. The number of nitrogens with zero attached hydrogens (tertiary/aromatic N) is 1. The number of rotatable bonds is 1. The van der Waals surface area contributed by atoms with E-state index in [1.54, 1.807) is 18.2 Å². The molecule has 0 radical (unpaired) electrons. The van der Waals surface area contributed by atoms with Crippen LogP contribution in [0.2, 0.25) is 5.02 Å². The average molecular weight is 246 g/mol. The fourth-order valence-electron chi connectivity index (χ4n) is 1.47. The van der Waals surface area contributed by atoms with Crippen LogP contribution in [-0.4, -0.2) is 20.1 Å². The van der Waals surface area contributed by atoms with Crippen LogP contribution in [0.1, 0.15) is 6.42 Å². The molecule has 1 aromatic carbocycles. The number of sulfonamides is 1. The highest BCUT2D eigenvalue weighted by molar-refractivity contribution is 7.94. The number of amides is 1. The maximum atomic E-state index is 11.5. The van der Waals surface area contributed by atoms with Gasteiger partial charge in [-0.3, -0.25) is 4.79 Å². The fraction of sp³-hybridized carbons (Fsp3) is 0.222. The number of carbonyl (C=O) groups excluding carboxylic acids is 1. The zero-order valence-corrected chi connectivity index (χ0v) is 9.25. The summed E-state index contributed by atoms with van der Waals surface area (Å²) >= 11 is 5.73. The van der Waals surface area contributed by atoms with E-state index >= 15 is 0 Å². The van der Waals surface area contributed by atoms with Crippen LogP contribution in [0.5, 0.6) is 0 Å². The second-order valence-electron chi connectivity index (χ2n) is 3.20. The zero-order valence-electron chi connectivity index (χ0n) is 7.68. The highest BCUT2D eigenvalue weighted by Gasteiger charge is 2.36. The van der Waals surface area contributed by atoms with Crippen LogP contribution in [0.3, 0.4) is 0 Å². The largest absolute Gasteiger partial charge is 0.273 e. The highest BCUT2D eigenvalue weighted by atomic mass is 35.5. The van der Waals surface area contributed by atoms with E-state index < -0.39 is 15.9 Å². The molecule has 0 saturated carbocycles. The van der Waals surface area contributed by atoms with E-state index in [4.69, 9.17) is 11.6 Å². The van der Waals surface area contributed by atoms with Crippen LogP contribution in [0.15, 0.2) is 24.3 Å². The van der Waals surface area contributed by atoms with Crippen molar-refractivity contribution >= 4 is 33.2 Å². The molecule has 0 aliphatic carbocycles. The van der Waals surface area contributed by atoms with Gasteiger partial charge in [-0.05, 0) is 18.2 Å². The number of hydrogen-bond acceptors (Lipinski definition) is 3. The quantitative estimate of drug-likeness (QED) is 0.752. The summed E-state index contributed by atoms with van der Waals surface area (Å²) in [5.41, 5.74) is 0.310. The predicted molar refractivity (Wildman–Crippen MR) is 57.3 cm³/mol. The van der Waals surface area contributed by atoms with Gasteiger partial charge in [-0.15, -0.1) is 0 Å². The molecule has 1 aliphatic rings. The van der Waals surface area contributed by atoms with E-state index in [-0.39, 0.29) is 12.2 Å². The Kier molecular flexibility index (Phi) is 2.44. The van der Waals surface area contributed by atoms with Gasteiger partial charge in [0.15, 0.2) is 0 Å². The minimum absolute atomic E-state index is 0.0366. The molecule has 0 aromatic heterocycles. The first kappa shape index (κ1) is 10.4. The minimum atomic E-state index is -3.48. The summed E-state index contributed by atoms with van der Waals surface area (Å²) in [6.07, 6.45) is 0.0366. The topological polar surface area (TPSA) is 54.5 Å². The molecule has 80 valence electrons. The third kappa shape index (κ3) is 1.85. The Bertz CT molecular complexity index is 512. The first-order valence-electron chi connectivity index (χ1n) is 4.32. The van der Waals surface area contributed by atoms with Gasteiger partial charge < -0.3 is 0 Å². The summed E-state index contributed by atoms with van der Waals surface area (Å²) in [5.74, 6) is -0.532. The van der Waals surface area contributed by atoms with Crippen molar-refractivity contribution in [3.8, 4) is 0 Å². The molecule has 0 N–H and O–H groups in total. The fourth-order valence-corrected chi connectivity index (χ4v) is 3.11. The number of carbonyl (C=O) groups is 1. The number of anilines is 1. The third-order valence-electron chi connectivity index (χ3n) is 2.12. The van der Waals surface area contributed by atoms with Crippen molar-refractivity contribution in [3.63, 3.8) is 0 Å². The Morgan fingerprint density at radius 3 is 2.60 bits per heavy atom. The van der Waals surface area contributed by atoms with Gasteiger partial charge in [-0.1, -0.05) is 17.7 Å². The SMILES string of the molecule is O=C1CCS(=O)(=O)N1c1cccc(Cl)c1. The smallest absolute Gasteiger partial charge is 0.242 e. The van der Waals surface area contributed by atoms with Gasteiger partial charge in [0.05, 0.1) is 11.4 Å². The summed E-state index contributed by atoms with van der Waals surface area (Å²) in [7, 11) is -3.48. The van der Waals surface area contributed by atoms with Gasteiger partial charge in [-0.2, -0.15) is 0 Å². The van der Waals surface area contributed by atoms with Gasteiger partial charge in [0.1, 0.15) is 0 Å². The van der Waals surface area contributed by atoms with Gasteiger partial charge in [-0.25, -0.2) is 12.7 Å². The molecule has 2 rings (SSSR count). The van der Waals surface area contributed by atoms with Crippen LogP contribution in [0.25, 0.3) is 0 Å². The lowest BCUT2D eigenvalue weighted by Crippen LogP contribution is -2.29. The summed E-state index contributed by atoms with van der Waals surface area (Å²) in [5, 5.41) is 0.405. The van der Waals surface area contributed by atoms with Crippen LogP contribution in [0, 0.1) is 0 Å². The summed E-state index contributed by atoms with van der Waals surface area (Å²) in [6, 6.07) is 6.24. The van der Waals surface area contributed by atoms with Gasteiger partial charge in [0.25, 0.3) is 0 Å². The Labute approximate surface area is 92.5 Å². The van der Waals surface area contributed by atoms with Crippen LogP contribution < -0.4 is 4.31 Å². The minimum Gasteiger partial charge on any atom is -0.273 e. The first-order chi connectivity index (χ1) is 7.00. The Balaban J connectivity index is 2.51.